The van der Waals surface area contributed by atoms with E-state index in [9.17, 15) is 0 Å². The lowest BCUT2D eigenvalue weighted by atomic mass is 9.85. The van der Waals surface area contributed by atoms with E-state index in [1.54, 1.807) is 22.7 Å². The minimum Gasteiger partial charge on any atom is -0.218 e. The van der Waals surface area contributed by atoms with Crippen LogP contribution in [0.15, 0.2) is 216 Å². The Kier molecular flexibility index (Phi) is 12.6. The Hall–Kier alpha value is -7.93. The van der Waals surface area contributed by atoms with E-state index in [0.717, 1.165) is 106 Å². The van der Waals surface area contributed by atoms with Crippen LogP contribution in [0, 0.1) is 0 Å². The predicted octanol–water partition coefficient (Wildman–Crippen LogP) is 23.7. The van der Waals surface area contributed by atoms with Gasteiger partial charge < -0.3 is 0 Å². The van der Waals surface area contributed by atoms with Crippen LogP contribution in [0.1, 0.15) is 105 Å². The molecule has 0 aliphatic carbocycles. The molecule has 0 fully saturated rings. The zero-order valence-corrected chi connectivity index (χ0v) is 53.1. The molecule has 0 spiro atoms. The first-order valence-corrected chi connectivity index (χ1v) is 32.9. The fourth-order valence-corrected chi connectivity index (χ4v) is 16.9. The molecule has 2 nitrogen and oxygen atoms in total. The predicted molar refractivity (Wildman–Crippen MR) is 371 cm³/mol. The van der Waals surface area contributed by atoms with Crippen LogP contribution in [0.3, 0.4) is 0 Å². The van der Waals surface area contributed by atoms with Crippen molar-refractivity contribution in [2.75, 3.05) is 0 Å². The van der Waals surface area contributed by atoms with Crippen LogP contribution in [0.25, 0.3) is 128 Å². The standard InChI is InChI=1S/C80H70O2S3/c1-77(2,3)63-27-21-49-33-47(13-17-55(49)37-63)59-25-31-67-69(41-59)83-71-43-61(53-15-19-57-39-65(79(7,8)9)29-23-51(57)35-53)45-73(75(67)71)85(81,82)74-46-62(54-16-20-58-40-66(80(10,11)12)30-24-52(58)36-54)44-72-76(74)68-32-26-60(42-70(68)84-72)48-14-18-56-38-64(78(4,5)6)28-22-50(56)34-48/h13-46H,1-12H3. The van der Waals surface area contributed by atoms with Crippen molar-refractivity contribution in [3.05, 3.63) is 229 Å². The van der Waals surface area contributed by atoms with Gasteiger partial charge in [-0.3, -0.25) is 0 Å². The third-order valence-electron chi connectivity index (χ3n) is 17.8. The van der Waals surface area contributed by atoms with E-state index in [-0.39, 0.29) is 21.7 Å². The summed E-state index contributed by atoms with van der Waals surface area (Å²) in [6, 6.07) is 75.2. The molecule has 0 bridgehead atoms. The summed E-state index contributed by atoms with van der Waals surface area (Å²) in [7, 11) is -4.29. The maximum Gasteiger partial charge on any atom is 0.207 e. The Labute approximate surface area is 508 Å². The fourth-order valence-electron chi connectivity index (χ4n) is 12.5. The highest BCUT2D eigenvalue weighted by atomic mass is 32.2. The van der Waals surface area contributed by atoms with E-state index >= 15 is 8.42 Å². The number of sulfone groups is 1. The topological polar surface area (TPSA) is 34.1 Å². The molecule has 0 atom stereocenters. The molecule has 85 heavy (non-hydrogen) atoms. The molecule has 12 aromatic carbocycles. The smallest absolute Gasteiger partial charge is 0.207 e. The maximum atomic E-state index is 16.8. The lowest BCUT2D eigenvalue weighted by molar-refractivity contribution is 0.591. The molecular weight excluding hydrogens is 1090 g/mol. The van der Waals surface area contributed by atoms with Crippen LogP contribution in [-0.2, 0) is 31.5 Å². The summed E-state index contributed by atoms with van der Waals surface area (Å²) in [5, 5.41) is 12.7. The van der Waals surface area contributed by atoms with Crippen molar-refractivity contribution >= 4 is 116 Å². The van der Waals surface area contributed by atoms with Crippen LogP contribution < -0.4 is 0 Å². The van der Waals surface area contributed by atoms with E-state index in [0.29, 0.717) is 9.79 Å². The van der Waals surface area contributed by atoms with Gasteiger partial charge in [-0.05, 0) is 192 Å². The summed E-state index contributed by atoms with van der Waals surface area (Å²) in [6.45, 7) is 27.0. The van der Waals surface area contributed by atoms with Gasteiger partial charge >= 0.3 is 0 Å². The molecule has 5 heteroatoms. The molecule has 0 saturated heterocycles. The molecule has 2 heterocycles. The van der Waals surface area contributed by atoms with Crippen molar-refractivity contribution in [2.45, 2.75) is 115 Å². The molecule has 0 radical (unpaired) electrons. The Balaban J connectivity index is 0.979. The molecule has 0 saturated carbocycles. The Morgan fingerprint density at radius 3 is 0.776 bits per heavy atom. The average Bonchev–Trinajstić information content (AvgIpc) is 1.90. The second kappa shape index (κ2) is 19.6. The third-order valence-corrected chi connectivity index (χ3v) is 21.8. The highest BCUT2D eigenvalue weighted by molar-refractivity contribution is 7.92. The largest absolute Gasteiger partial charge is 0.218 e. The summed E-state index contributed by atoms with van der Waals surface area (Å²) >= 11 is 3.34. The Morgan fingerprint density at radius 1 is 0.247 bits per heavy atom. The van der Waals surface area contributed by atoms with Gasteiger partial charge in [0, 0.05) is 40.3 Å². The second-order valence-electron chi connectivity index (χ2n) is 27.9. The minimum atomic E-state index is -4.29. The second-order valence-corrected chi connectivity index (χ2v) is 32.0. The molecule has 2 aromatic heterocycles. The SMILES string of the molecule is CC(C)(C)c1ccc2cc(-c3ccc4c(c3)sc3cc(-c5ccc6cc(C(C)(C)C)ccc6c5)cc(S(=O)(=O)c5cc(-c6ccc7cc(C(C)(C)C)ccc7c6)cc6sc7cc(-c8ccc9cc(C(C)(C)C)ccc9c8)ccc7c56)c34)ccc2c1. The molecule has 14 rings (SSSR count). The van der Waals surface area contributed by atoms with Crippen molar-refractivity contribution < 1.29 is 8.42 Å². The van der Waals surface area contributed by atoms with Crippen molar-refractivity contribution in [1.82, 2.24) is 0 Å². The van der Waals surface area contributed by atoms with Crippen molar-refractivity contribution in [3.63, 3.8) is 0 Å². The van der Waals surface area contributed by atoms with Gasteiger partial charge in [-0.15, -0.1) is 22.7 Å². The summed E-state index contributed by atoms with van der Waals surface area (Å²) in [6.07, 6.45) is 0. The van der Waals surface area contributed by atoms with Gasteiger partial charge in [-0.1, -0.05) is 229 Å². The van der Waals surface area contributed by atoms with Crippen molar-refractivity contribution in [2.24, 2.45) is 0 Å². The van der Waals surface area contributed by atoms with Gasteiger partial charge in [-0.2, -0.15) is 0 Å². The van der Waals surface area contributed by atoms with Crippen LogP contribution in [0.5, 0.6) is 0 Å². The first-order chi connectivity index (χ1) is 40.3. The zero-order valence-electron chi connectivity index (χ0n) is 50.7. The van der Waals surface area contributed by atoms with Gasteiger partial charge in [0.15, 0.2) is 0 Å². The van der Waals surface area contributed by atoms with Crippen LogP contribution in [-0.4, -0.2) is 8.42 Å². The first-order valence-electron chi connectivity index (χ1n) is 29.7. The van der Waals surface area contributed by atoms with Crippen molar-refractivity contribution in [3.8, 4) is 44.5 Å². The Bertz CT molecular complexity index is 4910. The molecule has 420 valence electrons. The summed E-state index contributed by atoms with van der Waals surface area (Å²) in [5.41, 5.74) is 13.4. The number of hydrogen-bond acceptors (Lipinski definition) is 4. The van der Waals surface area contributed by atoms with E-state index in [2.05, 4.69) is 277 Å². The van der Waals surface area contributed by atoms with Gasteiger partial charge in [0.25, 0.3) is 0 Å². The maximum absolute atomic E-state index is 16.8. The van der Waals surface area contributed by atoms with E-state index in [1.165, 1.54) is 43.8 Å². The summed E-state index contributed by atoms with van der Waals surface area (Å²) < 4.78 is 37.6. The number of rotatable bonds is 6. The van der Waals surface area contributed by atoms with Crippen LogP contribution in [0.4, 0.5) is 0 Å². The third kappa shape index (κ3) is 9.83. The summed E-state index contributed by atoms with van der Waals surface area (Å²) in [5.74, 6) is 0. The van der Waals surface area contributed by atoms with Gasteiger partial charge in [0.05, 0.1) is 9.79 Å². The number of thiophene rings is 2. The molecule has 14 aromatic rings. The number of hydrogen-bond donors (Lipinski definition) is 0. The molecule has 0 aliphatic heterocycles. The number of benzene rings is 12. The van der Waals surface area contributed by atoms with E-state index in [4.69, 9.17) is 0 Å². The van der Waals surface area contributed by atoms with Gasteiger partial charge in [0.1, 0.15) is 0 Å². The molecule has 0 amide bonds. The fraction of sp³-hybridized carbons (Fsp3) is 0.200. The lowest BCUT2D eigenvalue weighted by Crippen LogP contribution is -2.10. The summed E-state index contributed by atoms with van der Waals surface area (Å²) in [4.78, 5) is 0.631. The highest BCUT2D eigenvalue weighted by Crippen LogP contribution is 2.49. The van der Waals surface area contributed by atoms with Gasteiger partial charge in [0.2, 0.25) is 9.84 Å². The zero-order chi connectivity index (χ0) is 59.3. The minimum absolute atomic E-state index is 0.00410. The normalized spacial score (nSPS) is 13.0. The van der Waals surface area contributed by atoms with Crippen LogP contribution >= 0.6 is 22.7 Å². The highest BCUT2D eigenvalue weighted by Gasteiger charge is 2.30. The first kappa shape index (κ1) is 55.0. The molecule has 0 aliphatic rings. The molecular formula is C80H70O2S3. The van der Waals surface area contributed by atoms with Crippen molar-refractivity contribution in [1.29, 1.82) is 0 Å². The molecule has 0 unspecified atom stereocenters. The molecule has 0 N–H and O–H groups in total. The quantitative estimate of drug-likeness (QED) is 0.166. The van der Waals surface area contributed by atoms with E-state index in [1.807, 2.05) is 12.1 Å². The monoisotopic (exact) mass is 1160 g/mol. The van der Waals surface area contributed by atoms with Gasteiger partial charge in [-0.25, -0.2) is 8.42 Å². The average molecular weight is 1160 g/mol. The van der Waals surface area contributed by atoms with E-state index < -0.39 is 9.84 Å². The lowest BCUT2D eigenvalue weighted by Gasteiger charge is -2.19. The number of fused-ring (bicyclic) bond motifs is 10. The Morgan fingerprint density at radius 2 is 0.482 bits per heavy atom. The van der Waals surface area contributed by atoms with Crippen LogP contribution in [0.2, 0.25) is 0 Å².